The number of aromatic amines is 1. The van der Waals surface area contributed by atoms with E-state index in [1.807, 2.05) is 0 Å². The molecule has 82 valence electrons. The van der Waals surface area contributed by atoms with Gasteiger partial charge in [0.1, 0.15) is 12.1 Å². The van der Waals surface area contributed by atoms with Gasteiger partial charge in [-0.2, -0.15) is 5.10 Å². The lowest BCUT2D eigenvalue weighted by atomic mass is 9.86. The number of thioether (sulfide) groups is 1. The smallest absolute Gasteiger partial charge is 0.183 e. The molecule has 1 aromatic rings. The molecule has 1 N–H and O–H groups in total. The zero-order chi connectivity index (χ0) is 10.7. The Morgan fingerprint density at radius 2 is 2.53 bits per heavy atom. The molecule has 2 rings (SSSR count). The van der Waals surface area contributed by atoms with Crippen LogP contribution in [0.4, 0.5) is 0 Å². The summed E-state index contributed by atoms with van der Waals surface area (Å²) in [5, 5.41) is 7.86. The minimum absolute atomic E-state index is 0.379. The van der Waals surface area contributed by atoms with Gasteiger partial charge in [-0.25, -0.2) is 4.98 Å². The second kappa shape index (κ2) is 4.79. The van der Waals surface area contributed by atoms with E-state index in [2.05, 4.69) is 22.1 Å². The van der Waals surface area contributed by atoms with Gasteiger partial charge in [0.25, 0.3) is 0 Å². The second-order valence-electron chi connectivity index (χ2n) is 3.90. The molecule has 15 heavy (non-hydrogen) atoms. The molecule has 1 saturated carbocycles. The predicted molar refractivity (Wildman–Crippen MR) is 58.7 cm³/mol. The van der Waals surface area contributed by atoms with Gasteiger partial charge in [0.2, 0.25) is 0 Å². The Labute approximate surface area is 93.2 Å². The fourth-order valence-corrected chi connectivity index (χ4v) is 3.32. The molecule has 0 aliphatic heterocycles. The van der Waals surface area contributed by atoms with Crippen molar-refractivity contribution in [3.05, 3.63) is 6.33 Å². The Morgan fingerprint density at radius 1 is 1.67 bits per heavy atom. The second-order valence-corrected chi connectivity index (χ2v) is 5.12. The van der Waals surface area contributed by atoms with Gasteiger partial charge in [0.05, 0.1) is 0 Å². The average Bonchev–Trinajstić information content (AvgIpc) is 2.71. The highest BCUT2D eigenvalue weighted by Gasteiger charge is 2.29. The van der Waals surface area contributed by atoms with Crippen LogP contribution in [0.15, 0.2) is 11.5 Å². The summed E-state index contributed by atoms with van der Waals surface area (Å²) in [7, 11) is 0. The van der Waals surface area contributed by atoms with Crippen molar-refractivity contribution in [3.63, 3.8) is 0 Å². The first-order valence-electron chi connectivity index (χ1n) is 5.33. The van der Waals surface area contributed by atoms with Gasteiger partial charge in [-0.3, -0.25) is 9.89 Å². The summed E-state index contributed by atoms with van der Waals surface area (Å²) in [6.07, 6.45) is 5.12. The lowest BCUT2D eigenvalue weighted by Crippen LogP contribution is -2.26. The van der Waals surface area contributed by atoms with Crippen LogP contribution in [0.5, 0.6) is 0 Å². The lowest BCUT2D eigenvalue weighted by molar-refractivity contribution is -0.120. The first-order chi connectivity index (χ1) is 7.29. The third kappa shape index (κ3) is 2.59. The molecular formula is C10H15N3OS. The normalized spacial score (nSPS) is 26.9. The van der Waals surface area contributed by atoms with Crippen LogP contribution in [0.1, 0.15) is 32.6 Å². The minimum atomic E-state index is 0.379. The molecule has 5 heteroatoms. The van der Waals surface area contributed by atoms with E-state index in [1.165, 1.54) is 6.33 Å². The van der Waals surface area contributed by atoms with Crippen LogP contribution in [0.3, 0.4) is 0 Å². The summed E-state index contributed by atoms with van der Waals surface area (Å²) in [5.74, 6) is 1.02. The van der Waals surface area contributed by atoms with Gasteiger partial charge in [-0.1, -0.05) is 25.1 Å². The van der Waals surface area contributed by atoms with E-state index >= 15 is 0 Å². The van der Waals surface area contributed by atoms with Crippen LogP contribution >= 0.6 is 11.8 Å². The molecule has 1 aromatic heterocycles. The number of hydrogen-bond acceptors (Lipinski definition) is 4. The Morgan fingerprint density at radius 3 is 3.20 bits per heavy atom. The number of H-pyrrole nitrogens is 1. The van der Waals surface area contributed by atoms with E-state index in [-0.39, 0.29) is 0 Å². The molecule has 0 bridgehead atoms. The molecule has 4 nitrogen and oxygen atoms in total. The van der Waals surface area contributed by atoms with Crippen LogP contribution in [0.2, 0.25) is 0 Å². The molecule has 0 radical (unpaired) electrons. The Balaban J connectivity index is 2.01. The number of carbonyl (C=O) groups is 1. The number of nitrogens with one attached hydrogen (secondary N) is 1. The summed E-state index contributed by atoms with van der Waals surface area (Å²) in [6.45, 7) is 2.19. The van der Waals surface area contributed by atoms with E-state index in [1.54, 1.807) is 11.8 Å². The maximum Gasteiger partial charge on any atom is 0.183 e. The maximum atomic E-state index is 11.4. The predicted octanol–water partition coefficient (Wildman–Crippen LogP) is 2.04. The molecule has 0 saturated heterocycles. The maximum absolute atomic E-state index is 11.4. The standard InChI is InChI=1S/C10H15N3OS/c1-2-7-3-4-8(14)5-9(7)15-10-11-6-12-13-10/h6-7,9H,2-5H2,1H3,(H,11,12,13). The SMILES string of the molecule is CCC1CCC(=O)CC1Sc1ncn[nH]1. The summed E-state index contributed by atoms with van der Waals surface area (Å²) >= 11 is 1.66. The fraction of sp³-hybridized carbons (Fsp3) is 0.700. The highest BCUT2D eigenvalue weighted by molar-refractivity contribution is 7.99. The van der Waals surface area contributed by atoms with Crippen molar-refractivity contribution in [2.75, 3.05) is 0 Å². The van der Waals surface area contributed by atoms with Crippen molar-refractivity contribution in [2.24, 2.45) is 5.92 Å². The van der Waals surface area contributed by atoms with Crippen LogP contribution in [0, 0.1) is 5.92 Å². The summed E-state index contributed by atoms with van der Waals surface area (Å²) < 4.78 is 0. The molecule has 2 atom stereocenters. The van der Waals surface area contributed by atoms with Crippen molar-refractivity contribution in [1.29, 1.82) is 0 Å². The van der Waals surface area contributed by atoms with Crippen molar-refractivity contribution in [2.45, 2.75) is 43.0 Å². The first-order valence-corrected chi connectivity index (χ1v) is 6.21. The van der Waals surface area contributed by atoms with E-state index in [4.69, 9.17) is 0 Å². The van der Waals surface area contributed by atoms with Crippen LogP contribution in [-0.2, 0) is 4.79 Å². The highest BCUT2D eigenvalue weighted by atomic mass is 32.2. The topological polar surface area (TPSA) is 58.6 Å². The summed E-state index contributed by atoms with van der Waals surface area (Å²) in [5.41, 5.74) is 0. The average molecular weight is 225 g/mol. The molecule has 2 unspecified atom stereocenters. The molecule has 0 amide bonds. The molecule has 1 heterocycles. The number of ketones is 1. The van der Waals surface area contributed by atoms with E-state index < -0.39 is 0 Å². The van der Waals surface area contributed by atoms with Gasteiger partial charge < -0.3 is 0 Å². The third-order valence-electron chi connectivity index (χ3n) is 2.93. The van der Waals surface area contributed by atoms with Crippen molar-refractivity contribution < 1.29 is 4.79 Å². The zero-order valence-corrected chi connectivity index (χ0v) is 9.59. The summed E-state index contributed by atoms with van der Waals surface area (Å²) in [4.78, 5) is 15.5. The van der Waals surface area contributed by atoms with Gasteiger partial charge in [-0.05, 0) is 12.3 Å². The number of nitrogens with zero attached hydrogens (tertiary/aromatic N) is 2. The van der Waals surface area contributed by atoms with Gasteiger partial charge in [0, 0.05) is 18.1 Å². The number of Topliss-reactive ketones (excluding diaryl/α,β-unsaturated/α-hetero) is 1. The van der Waals surface area contributed by atoms with Crippen molar-refractivity contribution in [3.8, 4) is 0 Å². The fourth-order valence-electron chi connectivity index (χ4n) is 2.02. The Bertz CT molecular complexity index is 325. The van der Waals surface area contributed by atoms with Crippen molar-refractivity contribution in [1.82, 2.24) is 15.2 Å². The Hall–Kier alpha value is -0.840. The monoisotopic (exact) mass is 225 g/mol. The van der Waals surface area contributed by atoms with E-state index in [0.717, 1.165) is 24.4 Å². The molecule has 1 aliphatic rings. The minimum Gasteiger partial charge on any atom is -0.300 e. The van der Waals surface area contributed by atoms with E-state index in [9.17, 15) is 4.79 Å². The molecule has 0 aromatic carbocycles. The first kappa shape index (κ1) is 10.7. The van der Waals surface area contributed by atoms with Crippen LogP contribution < -0.4 is 0 Å². The molecule has 0 spiro atoms. The van der Waals surface area contributed by atoms with Gasteiger partial charge in [0.15, 0.2) is 5.16 Å². The van der Waals surface area contributed by atoms with Crippen molar-refractivity contribution >= 4 is 17.5 Å². The third-order valence-corrected chi connectivity index (χ3v) is 4.20. The molecule has 1 fully saturated rings. The van der Waals surface area contributed by atoms with Gasteiger partial charge >= 0.3 is 0 Å². The Kier molecular flexibility index (Phi) is 3.41. The van der Waals surface area contributed by atoms with Crippen LogP contribution in [-0.4, -0.2) is 26.2 Å². The lowest BCUT2D eigenvalue weighted by Gasteiger charge is -2.28. The number of carbonyl (C=O) groups excluding carboxylic acids is 1. The van der Waals surface area contributed by atoms with E-state index in [0.29, 0.717) is 23.4 Å². The summed E-state index contributed by atoms with van der Waals surface area (Å²) in [6, 6.07) is 0. The zero-order valence-electron chi connectivity index (χ0n) is 8.77. The quantitative estimate of drug-likeness (QED) is 0.855. The largest absolute Gasteiger partial charge is 0.300 e. The highest BCUT2D eigenvalue weighted by Crippen LogP contribution is 2.36. The number of hydrogen-bond donors (Lipinski definition) is 1. The van der Waals surface area contributed by atoms with Gasteiger partial charge in [-0.15, -0.1) is 0 Å². The molecule has 1 aliphatic carbocycles. The number of aromatic nitrogens is 3. The molecular weight excluding hydrogens is 210 g/mol. The number of rotatable bonds is 3. The van der Waals surface area contributed by atoms with Crippen LogP contribution in [0.25, 0.3) is 0 Å².